The third kappa shape index (κ3) is 2.45. The molecule has 0 aliphatic heterocycles. The summed E-state index contributed by atoms with van der Waals surface area (Å²) < 4.78 is 0. The maximum Gasteiger partial charge on any atom is 0.223 e. The van der Waals surface area contributed by atoms with Gasteiger partial charge in [0, 0.05) is 31.0 Å². The van der Waals surface area contributed by atoms with Crippen molar-refractivity contribution in [2.75, 3.05) is 11.9 Å². The van der Waals surface area contributed by atoms with Gasteiger partial charge in [-0.05, 0) is 0 Å². The lowest BCUT2D eigenvalue weighted by Crippen LogP contribution is -2.23. The number of benzene rings is 2. The van der Waals surface area contributed by atoms with Crippen LogP contribution in [0.15, 0.2) is 41.9 Å². The number of carbonyl (C=O) groups is 1. The van der Waals surface area contributed by atoms with Crippen LogP contribution in [-0.2, 0) is 4.79 Å². The number of phenols is 2. The first kappa shape index (κ1) is 14.6. The average molecular weight is 284 g/mol. The number of aliphatic imine (C=N–C) groups is 1. The number of nitrogens with zero attached hydrogens (tertiary/aromatic N) is 2. The van der Waals surface area contributed by atoms with E-state index in [-0.39, 0.29) is 28.8 Å². The van der Waals surface area contributed by atoms with Crippen molar-refractivity contribution in [1.29, 1.82) is 0 Å². The number of amides is 1. The monoisotopic (exact) mass is 284 g/mol. The summed E-state index contributed by atoms with van der Waals surface area (Å²) in [6.07, 6.45) is 2.84. The van der Waals surface area contributed by atoms with Gasteiger partial charge < -0.3 is 15.1 Å². The molecule has 5 nitrogen and oxygen atoms in total. The predicted molar refractivity (Wildman–Crippen MR) is 84.7 cm³/mol. The zero-order chi connectivity index (χ0) is 15.6. The van der Waals surface area contributed by atoms with E-state index in [0.717, 1.165) is 0 Å². The quantitative estimate of drug-likeness (QED) is 0.672. The first-order valence-electron chi connectivity index (χ1n) is 6.35. The summed E-state index contributed by atoms with van der Waals surface area (Å²) in [5.41, 5.74) is 0.292. The Morgan fingerprint density at radius 2 is 1.81 bits per heavy atom. The third-order valence-corrected chi connectivity index (χ3v) is 3.23. The highest BCUT2D eigenvalue weighted by molar-refractivity contribution is 6.09. The maximum atomic E-state index is 11.6. The van der Waals surface area contributed by atoms with Crippen LogP contribution in [0.1, 0.15) is 6.92 Å². The van der Waals surface area contributed by atoms with Gasteiger partial charge >= 0.3 is 0 Å². The number of allylic oxidation sites excluding steroid dienone is 1. The van der Waals surface area contributed by atoms with Crippen molar-refractivity contribution in [3.05, 3.63) is 36.9 Å². The van der Waals surface area contributed by atoms with Gasteiger partial charge in [-0.25, -0.2) is 0 Å². The highest BCUT2D eigenvalue weighted by Crippen LogP contribution is 2.49. The van der Waals surface area contributed by atoms with E-state index in [1.807, 2.05) is 0 Å². The van der Waals surface area contributed by atoms with Gasteiger partial charge in [0.05, 0.1) is 0 Å². The van der Waals surface area contributed by atoms with E-state index < -0.39 is 0 Å². The number of fused-ring (bicyclic) bond motifs is 1. The second-order valence-electron chi connectivity index (χ2n) is 4.53. The molecule has 5 heteroatoms. The number of rotatable bonds is 3. The smallest absolute Gasteiger partial charge is 0.223 e. The van der Waals surface area contributed by atoms with Gasteiger partial charge in [0.2, 0.25) is 5.91 Å². The lowest BCUT2D eigenvalue weighted by Gasteiger charge is -2.21. The summed E-state index contributed by atoms with van der Waals surface area (Å²) >= 11 is 0. The highest BCUT2D eigenvalue weighted by atomic mass is 16.3. The molecule has 2 rings (SSSR count). The van der Waals surface area contributed by atoms with Crippen molar-refractivity contribution in [3.63, 3.8) is 0 Å². The lowest BCUT2D eigenvalue weighted by atomic mass is 10.0. The third-order valence-electron chi connectivity index (χ3n) is 3.23. The topological polar surface area (TPSA) is 73.1 Å². The zero-order valence-corrected chi connectivity index (χ0v) is 11.9. The fraction of sp³-hybridized carbons (Fsp3) is 0.125. The molecular formula is C16H16N2O3. The van der Waals surface area contributed by atoms with Crippen LogP contribution in [0.5, 0.6) is 11.5 Å². The van der Waals surface area contributed by atoms with Gasteiger partial charge in [-0.1, -0.05) is 36.9 Å². The van der Waals surface area contributed by atoms with E-state index in [1.54, 1.807) is 24.3 Å². The number of hydrogen-bond donors (Lipinski definition) is 2. The molecule has 0 radical (unpaired) electrons. The Hall–Kier alpha value is -2.82. The van der Waals surface area contributed by atoms with Crippen LogP contribution in [0.25, 0.3) is 10.8 Å². The summed E-state index contributed by atoms with van der Waals surface area (Å²) in [7, 11) is 1.51. The number of anilines is 1. The van der Waals surface area contributed by atoms with Crippen molar-refractivity contribution in [3.8, 4) is 11.5 Å². The summed E-state index contributed by atoms with van der Waals surface area (Å²) in [6.45, 7) is 4.89. The largest absolute Gasteiger partial charge is 0.505 e. The molecule has 0 heterocycles. The second kappa shape index (κ2) is 5.66. The van der Waals surface area contributed by atoms with E-state index in [9.17, 15) is 15.0 Å². The number of carbonyl (C=O) groups excluding carboxylic acids is 1. The minimum Gasteiger partial charge on any atom is -0.505 e. The Kier molecular flexibility index (Phi) is 3.93. The molecule has 0 spiro atoms. The normalized spacial score (nSPS) is 11.0. The molecule has 0 fully saturated rings. The van der Waals surface area contributed by atoms with Gasteiger partial charge in [0.15, 0.2) is 5.75 Å². The molecule has 2 N–H and O–H groups in total. The number of phenolic OH excluding ortho intramolecular Hbond substituents is 2. The van der Waals surface area contributed by atoms with Crippen LogP contribution in [0.4, 0.5) is 11.4 Å². The molecule has 1 amide bonds. The zero-order valence-electron chi connectivity index (χ0n) is 11.9. The van der Waals surface area contributed by atoms with E-state index in [1.165, 1.54) is 31.2 Å². The molecule has 0 unspecified atom stereocenters. The van der Waals surface area contributed by atoms with Crippen LogP contribution in [-0.4, -0.2) is 29.4 Å². The van der Waals surface area contributed by atoms with Gasteiger partial charge in [-0.2, -0.15) is 0 Å². The van der Waals surface area contributed by atoms with Crippen molar-refractivity contribution in [2.45, 2.75) is 6.92 Å². The van der Waals surface area contributed by atoms with Crippen LogP contribution in [0.3, 0.4) is 0 Å². The number of aromatic hydroxyl groups is 2. The maximum absolute atomic E-state index is 11.6. The van der Waals surface area contributed by atoms with Crippen LogP contribution in [0, 0.1) is 0 Å². The SMILES string of the molecule is C=CC=Nc1c(N(C)C(C)=O)c(O)c2ccccc2c1O. The van der Waals surface area contributed by atoms with E-state index in [4.69, 9.17) is 0 Å². The summed E-state index contributed by atoms with van der Waals surface area (Å²) in [6, 6.07) is 6.83. The Morgan fingerprint density at radius 1 is 1.24 bits per heavy atom. The fourth-order valence-electron chi connectivity index (χ4n) is 2.10. The van der Waals surface area contributed by atoms with Gasteiger partial charge in [-0.3, -0.25) is 9.79 Å². The molecule has 0 aliphatic rings. The first-order valence-corrected chi connectivity index (χ1v) is 6.35. The van der Waals surface area contributed by atoms with E-state index >= 15 is 0 Å². The van der Waals surface area contributed by atoms with E-state index in [0.29, 0.717) is 10.8 Å². The minimum atomic E-state index is -0.282. The van der Waals surface area contributed by atoms with Gasteiger partial charge in [-0.15, -0.1) is 0 Å². The van der Waals surface area contributed by atoms with Crippen LogP contribution in [0.2, 0.25) is 0 Å². The molecule has 0 atom stereocenters. The summed E-state index contributed by atoms with van der Waals surface area (Å²) in [5, 5.41) is 21.8. The average Bonchev–Trinajstić information content (AvgIpc) is 2.48. The molecule has 0 saturated heterocycles. The van der Waals surface area contributed by atoms with Gasteiger partial charge in [0.25, 0.3) is 0 Å². The second-order valence-corrected chi connectivity index (χ2v) is 4.53. The van der Waals surface area contributed by atoms with E-state index in [2.05, 4.69) is 11.6 Å². The molecule has 0 saturated carbocycles. The molecule has 2 aromatic rings. The van der Waals surface area contributed by atoms with Crippen molar-refractivity contribution < 1.29 is 15.0 Å². The first-order chi connectivity index (χ1) is 9.99. The standard InChI is InChI=1S/C16H16N2O3/c1-4-9-17-13-14(18(3)10(2)19)16(21)12-8-6-5-7-11(12)15(13)20/h4-9,20-21H,1H2,2-3H3. The van der Waals surface area contributed by atoms with Crippen LogP contribution >= 0.6 is 0 Å². The highest BCUT2D eigenvalue weighted by Gasteiger charge is 2.22. The molecule has 0 aromatic heterocycles. The Balaban J connectivity index is 2.91. The number of hydrogen-bond acceptors (Lipinski definition) is 4. The fourth-order valence-corrected chi connectivity index (χ4v) is 2.10. The molecule has 0 bridgehead atoms. The molecule has 2 aromatic carbocycles. The minimum absolute atomic E-state index is 0.0930. The van der Waals surface area contributed by atoms with Crippen molar-refractivity contribution in [1.82, 2.24) is 0 Å². The Labute approximate surface area is 122 Å². The molecule has 21 heavy (non-hydrogen) atoms. The van der Waals surface area contributed by atoms with Crippen LogP contribution < -0.4 is 4.90 Å². The van der Waals surface area contributed by atoms with Gasteiger partial charge in [0.1, 0.15) is 17.1 Å². The molecule has 0 aliphatic carbocycles. The molecule has 108 valence electrons. The van der Waals surface area contributed by atoms with Crippen molar-refractivity contribution in [2.24, 2.45) is 4.99 Å². The predicted octanol–water partition coefficient (Wildman–Crippen LogP) is 3.12. The summed E-state index contributed by atoms with van der Waals surface area (Å²) in [4.78, 5) is 17.0. The Bertz CT molecular complexity index is 751. The Morgan fingerprint density at radius 3 is 2.33 bits per heavy atom. The summed E-state index contributed by atoms with van der Waals surface area (Å²) in [5.74, 6) is -0.475. The van der Waals surface area contributed by atoms with Crippen molar-refractivity contribution >= 4 is 34.3 Å². The molecular weight excluding hydrogens is 268 g/mol. The lowest BCUT2D eigenvalue weighted by molar-refractivity contribution is -0.116.